The molecule has 4 aromatic rings. The van der Waals surface area contributed by atoms with Gasteiger partial charge in [0, 0.05) is 0 Å². The highest BCUT2D eigenvalue weighted by atomic mass is 16.7. The normalized spacial score (nSPS) is 10.7. The zero-order valence-corrected chi connectivity index (χ0v) is 19.5. The Morgan fingerprint density at radius 3 is 1.94 bits per heavy atom. The SMILES string of the molecule is Cc1cccc(C(=O)Oc2ccc(C=NNC(=O)C(Oc3ccccc3)Oc3ccccc3)cc2)c1. The Kier molecular flexibility index (Phi) is 8.07. The quantitative estimate of drug-likeness (QED) is 0.118. The van der Waals surface area contributed by atoms with E-state index in [0.29, 0.717) is 28.4 Å². The molecule has 0 saturated carbocycles. The van der Waals surface area contributed by atoms with Gasteiger partial charge >= 0.3 is 18.2 Å². The van der Waals surface area contributed by atoms with Gasteiger partial charge in [-0.3, -0.25) is 4.79 Å². The molecule has 0 aliphatic rings. The van der Waals surface area contributed by atoms with Crippen molar-refractivity contribution in [3.8, 4) is 17.2 Å². The van der Waals surface area contributed by atoms with Crippen molar-refractivity contribution in [1.29, 1.82) is 0 Å². The molecule has 180 valence electrons. The molecule has 0 atom stereocenters. The largest absolute Gasteiger partial charge is 0.446 e. The van der Waals surface area contributed by atoms with Crippen molar-refractivity contribution in [2.75, 3.05) is 0 Å². The standard InChI is InChI=1S/C29H24N2O5/c1-21-9-8-10-23(19-21)28(33)34-26-17-15-22(16-18-26)20-30-31-27(32)29(35-24-11-4-2-5-12-24)36-25-13-6-3-7-14-25/h2-20,29H,1H3,(H,31,32). The Bertz CT molecular complexity index is 1280. The molecule has 7 nitrogen and oxygen atoms in total. The van der Waals surface area contributed by atoms with Crippen molar-refractivity contribution >= 4 is 18.1 Å². The zero-order chi connectivity index (χ0) is 25.2. The number of nitrogens with zero attached hydrogens (tertiary/aromatic N) is 1. The van der Waals surface area contributed by atoms with Crippen LogP contribution in [-0.4, -0.2) is 24.4 Å². The first-order chi connectivity index (χ1) is 17.6. The number of nitrogens with one attached hydrogen (secondary N) is 1. The number of carbonyl (C=O) groups is 2. The van der Waals surface area contributed by atoms with Gasteiger partial charge in [-0.1, -0.05) is 54.1 Å². The van der Waals surface area contributed by atoms with E-state index in [4.69, 9.17) is 14.2 Å². The molecule has 0 saturated heterocycles. The molecule has 0 unspecified atom stereocenters. The van der Waals surface area contributed by atoms with Gasteiger partial charge in [-0.05, 0) is 73.2 Å². The van der Waals surface area contributed by atoms with Crippen LogP contribution in [0.2, 0.25) is 0 Å². The zero-order valence-electron chi connectivity index (χ0n) is 19.5. The molecule has 4 rings (SSSR count). The third kappa shape index (κ3) is 7.04. The molecule has 0 fully saturated rings. The highest BCUT2D eigenvalue weighted by Gasteiger charge is 2.22. The number of carbonyl (C=O) groups excluding carboxylic acids is 2. The van der Waals surface area contributed by atoms with Gasteiger partial charge in [-0.15, -0.1) is 0 Å². The van der Waals surface area contributed by atoms with Crippen molar-refractivity contribution in [2.45, 2.75) is 13.2 Å². The van der Waals surface area contributed by atoms with Gasteiger partial charge in [0.2, 0.25) is 0 Å². The number of hydrogen-bond acceptors (Lipinski definition) is 6. The average molecular weight is 481 g/mol. The van der Waals surface area contributed by atoms with Gasteiger partial charge in [0.25, 0.3) is 0 Å². The molecular weight excluding hydrogens is 456 g/mol. The van der Waals surface area contributed by atoms with Gasteiger partial charge in [0.05, 0.1) is 11.8 Å². The number of amides is 1. The second-order valence-electron chi connectivity index (χ2n) is 7.76. The fourth-order valence-electron chi connectivity index (χ4n) is 3.16. The van der Waals surface area contributed by atoms with Gasteiger partial charge in [-0.2, -0.15) is 5.10 Å². The molecule has 0 radical (unpaired) electrons. The van der Waals surface area contributed by atoms with E-state index < -0.39 is 18.2 Å². The maximum absolute atomic E-state index is 12.7. The minimum absolute atomic E-state index is 0.398. The van der Waals surface area contributed by atoms with Crippen LogP contribution in [0.4, 0.5) is 0 Å². The fourth-order valence-corrected chi connectivity index (χ4v) is 3.16. The highest BCUT2D eigenvalue weighted by Crippen LogP contribution is 2.17. The van der Waals surface area contributed by atoms with Crippen molar-refractivity contribution in [1.82, 2.24) is 5.43 Å². The molecule has 1 N–H and O–H groups in total. The first-order valence-electron chi connectivity index (χ1n) is 11.2. The van der Waals surface area contributed by atoms with E-state index in [1.54, 1.807) is 91.0 Å². The number of rotatable bonds is 9. The summed E-state index contributed by atoms with van der Waals surface area (Å²) in [5.41, 5.74) is 4.59. The molecule has 0 aliphatic carbocycles. The Hall–Kier alpha value is -4.91. The molecule has 0 heterocycles. The lowest BCUT2D eigenvalue weighted by Crippen LogP contribution is -2.40. The van der Waals surface area contributed by atoms with Crippen molar-refractivity contribution < 1.29 is 23.8 Å². The highest BCUT2D eigenvalue weighted by molar-refractivity contribution is 5.91. The summed E-state index contributed by atoms with van der Waals surface area (Å²) in [5, 5.41) is 4.00. The third-order valence-electron chi connectivity index (χ3n) is 4.92. The summed E-state index contributed by atoms with van der Waals surface area (Å²) < 4.78 is 16.9. The molecule has 0 bridgehead atoms. The monoisotopic (exact) mass is 480 g/mol. The fraction of sp³-hybridized carbons (Fsp3) is 0.0690. The molecular formula is C29H24N2O5. The Morgan fingerprint density at radius 1 is 0.750 bits per heavy atom. The summed E-state index contributed by atoms with van der Waals surface area (Å²) in [4.78, 5) is 25.0. The van der Waals surface area contributed by atoms with Crippen LogP contribution in [0.1, 0.15) is 21.5 Å². The van der Waals surface area contributed by atoms with E-state index in [1.165, 1.54) is 6.21 Å². The topological polar surface area (TPSA) is 86.2 Å². The van der Waals surface area contributed by atoms with Gasteiger partial charge in [0.1, 0.15) is 17.2 Å². The second-order valence-corrected chi connectivity index (χ2v) is 7.76. The lowest BCUT2D eigenvalue weighted by atomic mass is 10.1. The molecule has 0 aliphatic heterocycles. The number of esters is 1. The lowest BCUT2D eigenvalue weighted by molar-refractivity contribution is -0.140. The maximum atomic E-state index is 12.7. The van der Waals surface area contributed by atoms with E-state index in [2.05, 4.69) is 10.5 Å². The molecule has 36 heavy (non-hydrogen) atoms. The van der Waals surface area contributed by atoms with E-state index in [1.807, 2.05) is 25.1 Å². The van der Waals surface area contributed by atoms with E-state index >= 15 is 0 Å². The smallest absolute Gasteiger partial charge is 0.343 e. The van der Waals surface area contributed by atoms with Crippen molar-refractivity contribution in [2.24, 2.45) is 5.10 Å². The number of hydrazone groups is 1. The van der Waals surface area contributed by atoms with E-state index in [0.717, 1.165) is 5.56 Å². The summed E-state index contributed by atoms with van der Waals surface area (Å²) in [7, 11) is 0. The molecule has 7 heteroatoms. The number of ether oxygens (including phenoxy) is 3. The van der Waals surface area contributed by atoms with E-state index in [9.17, 15) is 9.59 Å². The number of aryl methyl sites for hydroxylation is 1. The van der Waals surface area contributed by atoms with Crippen LogP contribution >= 0.6 is 0 Å². The van der Waals surface area contributed by atoms with Crippen LogP contribution in [0.3, 0.4) is 0 Å². The first kappa shape index (κ1) is 24.2. The summed E-state index contributed by atoms with van der Waals surface area (Å²) in [5.74, 6) is 0.343. The molecule has 0 aromatic heterocycles. The Labute approximate surface area is 209 Å². The molecule has 4 aromatic carbocycles. The van der Waals surface area contributed by atoms with E-state index in [-0.39, 0.29) is 0 Å². The number of para-hydroxylation sites is 2. The number of hydrogen-bond donors (Lipinski definition) is 1. The van der Waals surface area contributed by atoms with Crippen LogP contribution in [0.15, 0.2) is 114 Å². The van der Waals surface area contributed by atoms with Crippen LogP contribution in [0.5, 0.6) is 17.2 Å². The van der Waals surface area contributed by atoms with Gasteiger partial charge in [-0.25, -0.2) is 10.2 Å². The van der Waals surface area contributed by atoms with Crippen LogP contribution < -0.4 is 19.6 Å². The first-order valence-corrected chi connectivity index (χ1v) is 11.2. The minimum atomic E-state index is -1.25. The Balaban J connectivity index is 1.36. The van der Waals surface area contributed by atoms with Gasteiger partial charge in [0.15, 0.2) is 0 Å². The van der Waals surface area contributed by atoms with Crippen molar-refractivity contribution in [3.05, 3.63) is 126 Å². The summed E-state index contributed by atoms with van der Waals surface area (Å²) in [6.07, 6.45) is 0.210. The minimum Gasteiger partial charge on any atom is -0.446 e. The van der Waals surface area contributed by atoms with Crippen LogP contribution in [-0.2, 0) is 4.79 Å². The second kappa shape index (κ2) is 12.0. The molecule has 0 spiro atoms. The maximum Gasteiger partial charge on any atom is 0.343 e. The van der Waals surface area contributed by atoms with Crippen molar-refractivity contribution in [3.63, 3.8) is 0 Å². The molecule has 1 amide bonds. The predicted octanol–water partition coefficient (Wildman–Crippen LogP) is 5.15. The van der Waals surface area contributed by atoms with Gasteiger partial charge < -0.3 is 14.2 Å². The summed E-state index contributed by atoms with van der Waals surface area (Å²) >= 11 is 0. The summed E-state index contributed by atoms with van der Waals surface area (Å²) in [6.45, 7) is 1.91. The van der Waals surface area contributed by atoms with Crippen LogP contribution in [0, 0.1) is 6.92 Å². The lowest BCUT2D eigenvalue weighted by Gasteiger charge is -2.18. The predicted molar refractivity (Wildman–Crippen MR) is 136 cm³/mol. The summed E-state index contributed by atoms with van der Waals surface area (Å²) in [6, 6.07) is 31.7. The Morgan fingerprint density at radius 2 is 1.36 bits per heavy atom. The average Bonchev–Trinajstić information content (AvgIpc) is 2.90. The third-order valence-corrected chi connectivity index (χ3v) is 4.92. The van der Waals surface area contributed by atoms with Crippen LogP contribution in [0.25, 0.3) is 0 Å². The number of benzene rings is 4.